The molecule has 1 heterocycles. The molecule has 2 aliphatic rings. The first-order valence-corrected chi connectivity index (χ1v) is 13.0. The van der Waals surface area contributed by atoms with E-state index in [-0.39, 0.29) is 11.9 Å². The van der Waals surface area contributed by atoms with Crippen LogP contribution in [-0.2, 0) is 0 Å². The number of rotatable bonds is 8. The summed E-state index contributed by atoms with van der Waals surface area (Å²) in [5, 5.41) is 14.4. The van der Waals surface area contributed by atoms with Crippen LogP contribution < -0.4 is 5.32 Å². The Morgan fingerprint density at radius 2 is 1.78 bits per heavy atom. The summed E-state index contributed by atoms with van der Waals surface area (Å²) in [5.41, 5.74) is 1.63. The minimum Gasteiger partial charge on any atom is -0.390 e. The van der Waals surface area contributed by atoms with E-state index in [1.54, 1.807) is 11.8 Å². The normalized spacial score (nSPS) is 23.2. The molecule has 4 nitrogen and oxygen atoms in total. The van der Waals surface area contributed by atoms with Crippen LogP contribution in [0.5, 0.6) is 0 Å². The van der Waals surface area contributed by atoms with E-state index in [0.717, 1.165) is 35.4 Å². The van der Waals surface area contributed by atoms with Gasteiger partial charge in [-0.25, -0.2) is 0 Å². The third-order valence-corrected chi connectivity index (χ3v) is 8.30. The summed E-state index contributed by atoms with van der Waals surface area (Å²) in [4.78, 5) is 16.6. The maximum Gasteiger partial charge on any atom is 0.251 e. The number of nitrogens with one attached hydrogen (secondary N) is 1. The van der Waals surface area contributed by atoms with Crippen molar-refractivity contribution < 1.29 is 9.90 Å². The Labute approximate surface area is 196 Å². The van der Waals surface area contributed by atoms with Gasteiger partial charge < -0.3 is 15.3 Å². The van der Waals surface area contributed by atoms with Gasteiger partial charge >= 0.3 is 0 Å². The second-order valence-electron chi connectivity index (χ2n) is 9.44. The molecule has 2 aromatic carbocycles. The highest BCUT2D eigenvalue weighted by Gasteiger charge is 2.33. The van der Waals surface area contributed by atoms with Crippen LogP contribution in [0.2, 0.25) is 0 Å². The van der Waals surface area contributed by atoms with E-state index >= 15 is 0 Å². The molecule has 3 unspecified atom stereocenters. The third kappa shape index (κ3) is 6.15. The van der Waals surface area contributed by atoms with Crippen molar-refractivity contribution in [2.24, 2.45) is 11.8 Å². The van der Waals surface area contributed by atoms with E-state index in [0.29, 0.717) is 17.9 Å². The highest BCUT2D eigenvalue weighted by Crippen LogP contribution is 2.36. The molecule has 2 aromatic rings. The number of fused-ring (bicyclic) bond motifs is 1. The summed E-state index contributed by atoms with van der Waals surface area (Å²) < 4.78 is 0. The number of aliphatic hydroxyl groups is 1. The van der Waals surface area contributed by atoms with Gasteiger partial charge in [0.1, 0.15) is 0 Å². The molecule has 172 valence electrons. The average Bonchev–Trinajstić information content (AvgIpc) is 2.82. The molecule has 2 N–H and O–H groups in total. The lowest BCUT2D eigenvalue weighted by Crippen LogP contribution is -2.52. The zero-order valence-corrected chi connectivity index (χ0v) is 19.9. The molecule has 4 atom stereocenters. The lowest BCUT2D eigenvalue weighted by atomic mass is 9.75. The minimum atomic E-state index is -0.598. The van der Waals surface area contributed by atoms with Crippen LogP contribution in [0.1, 0.15) is 48.0 Å². The molecule has 1 aliphatic heterocycles. The fourth-order valence-corrected chi connectivity index (χ4v) is 6.29. The number of likely N-dealkylation sites (tertiary alicyclic amines) is 1. The molecule has 32 heavy (non-hydrogen) atoms. The van der Waals surface area contributed by atoms with Crippen LogP contribution in [0.3, 0.4) is 0 Å². The van der Waals surface area contributed by atoms with Crippen LogP contribution >= 0.6 is 11.8 Å². The number of β-amino-alcohol motifs (C(OH)–C–C–N with tert-alkyl or cyclic N) is 1. The second-order valence-corrected chi connectivity index (χ2v) is 10.5. The van der Waals surface area contributed by atoms with E-state index in [4.69, 9.17) is 0 Å². The SMILES string of the molecule is Cc1ccccc1C(=O)NC(CSc1ccccc1)C(O)CN1CCC2CCCC[C@@H]2C1. The number of piperidine rings is 1. The Bertz CT molecular complexity index is 875. The van der Waals surface area contributed by atoms with Gasteiger partial charge in [-0.15, -0.1) is 11.8 Å². The molecule has 0 radical (unpaired) electrons. The van der Waals surface area contributed by atoms with E-state index in [1.807, 2.05) is 49.4 Å². The Hall–Kier alpha value is -1.82. The standard InChI is InChI=1S/C27H36N2O2S/c1-20-9-5-8-14-24(20)27(31)28-25(19-32-23-12-3-2-4-13-23)26(30)18-29-16-15-21-10-6-7-11-22(21)17-29/h2-5,8-9,12-14,21-22,25-26,30H,6-7,10-11,15-19H2,1H3,(H,28,31)/t21?,22-,25?,26?/m1/s1. The molecular formula is C27H36N2O2S. The van der Waals surface area contributed by atoms with Crippen molar-refractivity contribution in [3.63, 3.8) is 0 Å². The first-order valence-electron chi connectivity index (χ1n) is 12.0. The van der Waals surface area contributed by atoms with Gasteiger partial charge in [0.2, 0.25) is 0 Å². The fraction of sp³-hybridized carbons (Fsp3) is 0.519. The van der Waals surface area contributed by atoms with Gasteiger partial charge in [-0.05, 0) is 61.9 Å². The summed E-state index contributed by atoms with van der Waals surface area (Å²) in [6.07, 6.45) is 6.09. The number of carbonyl (C=O) groups excluding carboxylic acids is 1. The highest BCUT2D eigenvalue weighted by molar-refractivity contribution is 7.99. The first kappa shape index (κ1) is 23.3. The number of carbonyl (C=O) groups is 1. The van der Waals surface area contributed by atoms with Crippen molar-refractivity contribution in [3.05, 3.63) is 65.7 Å². The molecule has 2 fully saturated rings. The van der Waals surface area contributed by atoms with E-state index in [1.165, 1.54) is 32.1 Å². The summed E-state index contributed by atoms with van der Waals surface area (Å²) in [6, 6.07) is 17.5. The number of aryl methyl sites for hydroxylation is 1. The number of amides is 1. The Morgan fingerprint density at radius 1 is 1.06 bits per heavy atom. The summed E-state index contributed by atoms with van der Waals surface area (Å²) in [5.74, 6) is 2.19. The Morgan fingerprint density at radius 3 is 2.56 bits per heavy atom. The predicted molar refractivity (Wildman–Crippen MR) is 132 cm³/mol. The van der Waals surface area contributed by atoms with E-state index in [9.17, 15) is 9.90 Å². The van der Waals surface area contributed by atoms with Gasteiger partial charge in [0, 0.05) is 29.3 Å². The summed E-state index contributed by atoms with van der Waals surface area (Å²) in [6.45, 7) is 4.72. The largest absolute Gasteiger partial charge is 0.390 e. The van der Waals surface area contributed by atoms with Crippen LogP contribution in [0.4, 0.5) is 0 Å². The highest BCUT2D eigenvalue weighted by atomic mass is 32.2. The number of nitrogens with zero attached hydrogens (tertiary/aromatic N) is 1. The Kier molecular flexibility index (Phi) is 8.28. The van der Waals surface area contributed by atoms with Crippen molar-refractivity contribution in [1.82, 2.24) is 10.2 Å². The molecule has 0 bridgehead atoms. The first-order chi connectivity index (χ1) is 15.6. The molecule has 1 aliphatic carbocycles. The Balaban J connectivity index is 1.41. The second kappa shape index (κ2) is 11.4. The van der Waals surface area contributed by atoms with Gasteiger partial charge in [-0.1, -0.05) is 55.7 Å². The van der Waals surface area contributed by atoms with Gasteiger partial charge in [-0.2, -0.15) is 0 Å². The minimum absolute atomic E-state index is 0.105. The molecule has 5 heteroatoms. The summed E-state index contributed by atoms with van der Waals surface area (Å²) >= 11 is 1.69. The number of benzene rings is 2. The van der Waals surface area contributed by atoms with E-state index in [2.05, 4.69) is 22.3 Å². The molecule has 0 aromatic heterocycles. The molecule has 1 saturated heterocycles. The van der Waals surface area contributed by atoms with Gasteiger partial charge in [0.15, 0.2) is 0 Å². The zero-order valence-electron chi connectivity index (χ0n) is 19.1. The van der Waals surface area contributed by atoms with Crippen molar-refractivity contribution >= 4 is 17.7 Å². The summed E-state index contributed by atoms with van der Waals surface area (Å²) in [7, 11) is 0. The van der Waals surface area contributed by atoms with Crippen molar-refractivity contribution in [3.8, 4) is 0 Å². The molecular weight excluding hydrogens is 416 g/mol. The number of hydrogen-bond donors (Lipinski definition) is 2. The quantitative estimate of drug-likeness (QED) is 0.567. The molecule has 1 saturated carbocycles. The number of hydrogen-bond acceptors (Lipinski definition) is 4. The van der Waals surface area contributed by atoms with Crippen LogP contribution in [0.25, 0.3) is 0 Å². The number of thioether (sulfide) groups is 1. The van der Waals surface area contributed by atoms with Crippen LogP contribution in [0.15, 0.2) is 59.5 Å². The third-order valence-electron chi connectivity index (χ3n) is 7.16. The number of aliphatic hydroxyl groups excluding tert-OH is 1. The van der Waals surface area contributed by atoms with Crippen molar-refractivity contribution in [1.29, 1.82) is 0 Å². The molecule has 0 spiro atoms. The van der Waals surface area contributed by atoms with Gasteiger partial charge in [0.25, 0.3) is 5.91 Å². The fourth-order valence-electron chi connectivity index (χ4n) is 5.26. The van der Waals surface area contributed by atoms with E-state index < -0.39 is 6.10 Å². The monoisotopic (exact) mass is 452 g/mol. The lowest BCUT2D eigenvalue weighted by Gasteiger charge is -2.42. The van der Waals surface area contributed by atoms with Crippen molar-refractivity contribution in [2.75, 3.05) is 25.4 Å². The zero-order chi connectivity index (χ0) is 22.3. The smallest absolute Gasteiger partial charge is 0.251 e. The lowest BCUT2D eigenvalue weighted by molar-refractivity contribution is 0.0344. The molecule has 1 amide bonds. The average molecular weight is 453 g/mol. The van der Waals surface area contributed by atoms with Crippen LogP contribution in [0, 0.1) is 18.8 Å². The topological polar surface area (TPSA) is 52.6 Å². The van der Waals surface area contributed by atoms with Gasteiger partial charge in [0.05, 0.1) is 12.1 Å². The van der Waals surface area contributed by atoms with Gasteiger partial charge in [-0.3, -0.25) is 4.79 Å². The molecule has 4 rings (SSSR count). The predicted octanol–water partition coefficient (Wildman–Crippen LogP) is 4.76. The van der Waals surface area contributed by atoms with Crippen LogP contribution in [-0.4, -0.2) is 53.4 Å². The van der Waals surface area contributed by atoms with Crippen molar-refractivity contribution in [2.45, 2.75) is 56.1 Å². The maximum absolute atomic E-state index is 13.0. The maximum atomic E-state index is 13.0.